The van der Waals surface area contributed by atoms with Crippen molar-refractivity contribution >= 4 is 17.6 Å². The molecular formula is C25H29NO2. The first-order valence-electron chi connectivity index (χ1n) is 9.80. The Balaban J connectivity index is 1.96. The van der Waals surface area contributed by atoms with E-state index in [9.17, 15) is 10.0 Å². The summed E-state index contributed by atoms with van der Waals surface area (Å²) in [6.45, 7) is 10.7. The Kier molecular flexibility index (Phi) is 5.29. The van der Waals surface area contributed by atoms with Gasteiger partial charge in [0.2, 0.25) is 0 Å². The van der Waals surface area contributed by atoms with E-state index in [1.165, 1.54) is 17.5 Å². The lowest BCUT2D eigenvalue weighted by Gasteiger charge is -2.42. The number of fused-ring (bicyclic) bond motifs is 1. The number of rotatable bonds is 4. The van der Waals surface area contributed by atoms with E-state index in [1.807, 2.05) is 30.3 Å². The Morgan fingerprint density at radius 3 is 2.29 bits per heavy atom. The van der Waals surface area contributed by atoms with Crippen molar-refractivity contribution in [1.82, 2.24) is 0 Å². The SMILES string of the molecule is CC(=O)c1cccc(/C=C/C(=N\O)c2ccc3c(c2)C(C)(C)CCC3(C)C)c1. The lowest BCUT2D eigenvalue weighted by Crippen LogP contribution is -2.34. The maximum absolute atomic E-state index is 11.6. The second kappa shape index (κ2) is 7.38. The van der Waals surface area contributed by atoms with Gasteiger partial charge in [0.05, 0.1) is 0 Å². The molecule has 1 aliphatic rings. The maximum Gasteiger partial charge on any atom is 0.159 e. The fraction of sp³-hybridized carbons (Fsp3) is 0.360. The lowest BCUT2D eigenvalue weighted by molar-refractivity contribution is 0.101. The van der Waals surface area contributed by atoms with E-state index in [-0.39, 0.29) is 16.6 Å². The molecule has 2 aromatic carbocycles. The molecular weight excluding hydrogens is 346 g/mol. The van der Waals surface area contributed by atoms with Crippen molar-refractivity contribution in [2.75, 3.05) is 0 Å². The third-order valence-electron chi connectivity index (χ3n) is 5.98. The Bertz CT molecular complexity index is 964. The fourth-order valence-electron chi connectivity index (χ4n) is 3.97. The third-order valence-corrected chi connectivity index (χ3v) is 5.98. The number of ketones is 1. The molecule has 0 amide bonds. The van der Waals surface area contributed by atoms with E-state index >= 15 is 0 Å². The Hall–Kier alpha value is -2.68. The minimum Gasteiger partial charge on any atom is -0.410 e. The van der Waals surface area contributed by atoms with Crippen LogP contribution >= 0.6 is 0 Å². The number of carbonyl (C=O) groups excluding carboxylic acids is 1. The molecule has 0 unspecified atom stereocenters. The van der Waals surface area contributed by atoms with Crippen molar-refractivity contribution in [2.24, 2.45) is 5.16 Å². The predicted molar refractivity (Wildman–Crippen MR) is 116 cm³/mol. The summed E-state index contributed by atoms with van der Waals surface area (Å²) in [7, 11) is 0. The number of carbonyl (C=O) groups is 1. The number of benzene rings is 2. The zero-order chi connectivity index (χ0) is 20.5. The third kappa shape index (κ3) is 3.94. The van der Waals surface area contributed by atoms with Crippen LogP contribution in [0.3, 0.4) is 0 Å². The summed E-state index contributed by atoms with van der Waals surface area (Å²) in [4.78, 5) is 11.6. The Morgan fingerprint density at radius 2 is 1.64 bits per heavy atom. The molecule has 0 saturated heterocycles. The van der Waals surface area contributed by atoms with Gasteiger partial charge in [-0.1, -0.05) is 69.3 Å². The summed E-state index contributed by atoms with van der Waals surface area (Å²) in [6.07, 6.45) is 5.97. The molecule has 3 rings (SSSR count). The van der Waals surface area contributed by atoms with Crippen LogP contribution in [0.2, 0.25) is 0 Å². The van der Waals surface area contributed by atoms with E-state index in [2.05, 4.69) is 45.0 Å². The summed E-state index contributed by atoms with van der Waals surface area (Å²) < 4.78 is 0. The molecule has 0 atom stereocenters. The van der Waals surface area contributed by atoms with E-state index in [0.29, 0.717) is 11.3 Å². The van der Waals surface area contributed by atoms with Crippen LogP contribution in [0, 0.1) is 0 Å². The van der Waals surface area contributed by atoms with Gasteiger partial charge in [0.15, 0.2) is 5.78 Å². The molecule has 2 aromatic rings. The quantitative estimate of drug-likeness (QED) is 0.302. The van der Waals surface area contributed by atoms with Crippen molar-refractivity contribution in [3.63, 3.8) is 0 Å². The lowest BCUT2D eigenvalue weighted by atomic mass is 9.63. The number of hydrogen-bond donors (Lipinski definition) is 1. The van der Waals surface area contributed by atoms with E-state index in [1.54, 1.807) is 19.1 Å². The standard InChI is InChI=1S/C25H29NO2/c1-17(27)19-8-6-7-18(15-19)9-12-23(26-28)20-10-11-21-22(16-20)25(4,5)14-13-24(21,2)3/h6-12,15-16,28H,13-14H2,1-5H3/b12-9+,26-23+. The first-order valence-corrected chi connectivity index (χ1v) is 9.80. The minimum absolute atomic E-state index is 0.0332. The molecule has 3 heteroatoms. The van der Waals surface area contributed by atoms with Crippen LogP contribution in [-0.2, 0) is 10.8 Å². The fourth-order valence-corrected chi connectivity index (χ4v) is 3.97. The highest BCUT2D eigenvalue weighted by Crippen LogP contribution is 2.45. The second-order valence-corrected chi connectivity index (χ2v) is 9.03. The smallest absolute Gasteiger partial charge is 0.159 e. The summed E-state index contributed by atoms with van der Waals surface area (Å²) >= 11 is 0. The van der Waals surface area contributed by atoms with Crippen molar-refractivity contribution in [3.05, 3.63) is 76.4 Å². The highest BCUT2D eigenvalue weighted by atomic mass is 16.4. The summed E-state index contributed by atoms with van der Waals surface area (Å²) in [5, 5.41) is 13.1. The molecule has 0 fully saturated rings. The normalized spacial score (nSPS) is 18.1. The van der Waals surface area contributed by atoms with Gasteiger partial charge in [-0.2, -0.15) is 0 Å². The molecule has 1 N–H and O–H groups in total. The van der Waals surface area contributed by atoms with Gasteiger partial charge in [-0.05, 0) is 65.5 Å². The monoisotopic (exact) mass is 375 g/mol. The maximum atomic E-state index is 11.6. The van der Waals surface area contributed by atoms with Gasteiger partial charge < -0.3 is 5.21 Å². The summed E-state index contributed by atoms with van der Waals surface area (Å²) in [6, 6.07) is 13.8. The Labute approximate surface area is 167 Å². The molecule has 0 aromatic heterocycles. The van der Waals surface area contributed by atoms with E-state index in [4.69, 9.17) is 0 Å². The zero-order valence-electron chi connectivity index (χ0n) is 17.4. The summed E-state index contributed by atoms with van der Waals surface area (Å²) in [5.41, 5.74) is 5.93. The molecule has 0 saturated carbocycles. The average molecular weight is 376 g/mol. The number of allylic oxidation sites excluding steroid dienone is 1. The number of oxime groups is 1. The number of Topliss-reactive ketones (excluding diaryl/α,β-unsaturated/α-hetero) is 1. The predicted octanol–water partition coefficient (Wildman–Crippen LogP) is 6.13. The van der Waals surface area contributed by atoms with Crippen LogP contribution in [-0.4, -0.2) is 16.7 Å². The number of nitrogens with zero attached hydrogens (tertiary/aromatic N) is 1. The van der Waals surface area contributed by atoms with Crippen molar-refractivity contribution in [3.8, 4) is 0 Å². The highest BCUT2D eigenvalue weighted by Gasteiger charge is 2.37. The van der Waals surface area contributed by atoms with Crippen molar-refractivity contribution in [1.29, 1.82) is 0 Å². The molecule has 0 heterocycles. The van der Waals surface area contributed by atoms with Crippen LogP contribution in [0.4, 0.5) is 0 Å². The molecule has 0 spiro atoms. The van der Waals surface area contributed by atoms with Crippen molar-refractivity contribution in [2.45, 2.75) is 58.3 Å². The van der Waals surface area contributed by atoms with Gasteiger partial charge in [-0.3, -0.25) is 4.79 Å². The van der Waals surface area contributed by atoms with Gasteiger partial charge in [-0.25, -0.2) is 0 Å². The van der Waals surface area contributed by atoms with Gasteiger partial charge in [0.1, 0.15) is 5.71 Å². The van der Waals surface area contributed by atoms with Crippen LogP contribution < -0.4 is 0 Å². The largest absolute Gasteiger partial charge is 0.410 e. The van der Waals surface area contributed by atoms with E-state index < -0.39 is 0 Å². The van der Waals surface area contributed by atoms with E-state index in [0.717, 1.165) is 17.5 Å². The number of hydrogen-bond acceptors (Lipinski definition) is 3. The Morgan fingerprint density at radius 1 is 0.964 bits per heavy atom. The molecule has 1 aliphatic carbocycles. The van der Waals surface area contributed by atoms with Gasteiger partial charge in [0, 0.05) is 11.1 Å². The molecule has 28 heavy (non-hydrogen) atoms. The first kappa shape index (κ1) is 20.1. The van der Waals surface area contributed by atoms with Crippen LogP contribution in [0.1, 0.15) is 80.1 Å². The first-order chi connectivity index (χ1) is 13.1. The average Bonchev–Trinajstić information content (AvgIpc) is 2.66. The minimum atomic E-state index is 0.0332. The molecule has 0 bridgehead atoms. The van der Waals surface area contributed by atoms with Crippen LogP contribution in [0.5, 0.6) is 0 Å². The summed E-state index contributed by atoms with van der Waals surface area (Å²) in [5.74, 6) is 0.0332. The van der Waals surface area contributed by atoms with Gasteiger partial charge >= 0.3 is 0 Å². The van der Waals surface area contributed by atoms with Gasteiger partial charge in [-0.15, -0.1) is 0 Å². The molecule has 3 nitrogen and oxygen atoms in total. The molecule has 0 radical (unpaired) electrons. The second-order valence-electron chi connectivity index (χ2n) is 9.03. The zero-order valence-corrected chi connectivity index (χ0v) is 17.4. The van der Waals surface area contributed by atoms with Crippen LogP contribution in [0.25, 0.3) is 6.08 Å². The van der Waals surface area contributed by atoms with Gasteiger partial charge in [0.25, 0.3) is 0 Å². The topological polar surface area (TPSA) is 49.7 Å². The molecule has 0 aliphatic heterocycles. The van der Waals surface area contributed by atoms with Crippen LogP contribution in [0.15, 0.2) is 53.7 Å². The molecule has 146 valence electrons. The van der Waals surface area contributed by atoms with Crippen molar-refractivity contribution < 1.29 is 10.0 Å². The highest BCUT2D eigenvalue weighted by molar-refractivity contribution is 6.10.